The molecule has 4 heterocycles. The van der Waals surface area contributed by atoms with Crippen molar-refractivity contribution in [2.24, 2.45) is 34.6 Å². The number of aromatic nitrogens is 4. The number of H-pyrrole nitrogens is 4. The number of carbonyl (C=O) groups excluding carboxylic acids is 8. The summed E-state index contributed by atoms with van der Waals surface area (Å²) in [5, 5.41) is 66.8. The molecule has 10 atom stereocenters. The van der Waals surface area contributed by atoms with Crippen LogP contribution in [0.3, 0.4) is 0 Å². The zero-order valence-corrected chi connectivity index (χ0v) is 60.1. The summed E-state index contributed by atoms with van der Waals surface area (Å²) in [5.41, 5.74) is 34.3. The van der Waals surface area contributed by atoms with E-state index in [4.69, 9.17) is 44.9 Å². The summed E-state index contributed by atoms with van der Waals surface area (Å²) in [4.78, 5) is 145. The number of aliphatic carboxylic acids is 1. The number of amides is 8. The quantitative estimate of drug-likeness (QED) is 0.0145. The number of unbranched alkanes of at least 4 members (excludes halogenated alkanes) is 1. The van der Waals surface area contributed by atoms with E-state index in [2.05, 4.69) is 78.4 Å². The van der Waals surface area contributed by atoms with Crippen LogP contribution in [0, 0.1) is 22.1 Å². The topological polar surface area (TPSA) is 571 Å². The van der Waals surface area contributed by atoms with Gasteiger partial charge in [0.2, 0.25) is 47.3 Å². The first-order valence-electron chi connectivity index (χ1n) is 36.0. The van der Waals surface area contributed by atoms with Gasteiger partial charge in [-0.1, -0.05) is 93.1 Å². The number of nitrogens with one attached hydrogen (secondary N) is 18. The Morgan fingerprint density at radius 1 is 0.383 bits per heavy atom. The van der Waals surface area contributed by atoms with Crippen LogP contribution in [0.5, 0.6) is 0 Å². The zero-order chi connectivity index (χ0) is 77.1. The molecule has 0 aliphatic carbocycles. The van der Waals surface area contributed by atoms with Crippen LogP contribution in [0.2, 0.25) is 0 Å². The van der Waals surface area contributed by atoms with E-state index in [1.54, 1.807) is 49.9 Å². The van der Waals surface area contributed by atoms with Gasteiger partial charge in [-0.15, -0.1) is 0 Å². The summed E-state index contributed by atoms with van der Waals surface area (Å²) in [6.45, 7) is 4.24. The number of benzene rings is 4. The molecular formula is C74H101N23O10. The van der Waals surface area contributed by atoms with Crippen molar-refractivity contribution in [3.63, 3.8) is 0 Å². The first kappa shape index (κ1) is 80.7. The van der Waals surface area contributed by atoms with E-state index in [0.29, 0.717) is 56.9 Å². The lowest BCUT2D eigenvalue weighted by Crippen LogP contribution is -2.61. The average molecular weight is 1470 g/mol. The number of carboxylic acids is 1. The number of para-hydroxylation sites is 4. The summed E-state index contributed by atoms with van der Waals surface area (Å²) in [5.74, 6) is -9.08. The second-order valence-electron chi connectivity index (χ2n) is 26.7. The van der Waals surface area contributed by atoms with E-state index in [-0.39, 0.29) is 127 Å². The van der Waals surface area contributed by atoms with Gasteiger partial charge in [0, 0.05) is 114 Å². The summed E-state index contributed by atoms with van der Waals surface area (Å²) in [6, 6.07) is 16.7. The fourth-order valence-electron chi connectivity index (χ4n) is 12.7. The maximum absolute atomic E-state index is 15.5. The normalized spacial score (nSPS) is 14.1. The third kappa shape index (κ3) is 23.5. The maximum Gasteiger partial charge on any atom is 0.326 e. The van der Waals surface area contributed by atoms with Crippen LogP contribution in [0.1, 0.15) is 100 Å². The highest BCUT2D eigenvalue weighted by Gasteiger charge is 2.37. The van der Waals surface area contributed by atoms with Crippen LogP contribution in [-0.2, 0) is 68.8 Å². The third-order valence-corrected chi connectivity index (χ3v) is 18.9. The molecule has 0 fully saturated rings. The van der Waals surface area contributed by atoms with Crippen molar-refractivity contribution in [3.8, 4) is 0 Å². The maximum atomic E-state index is 15.5. The lowest BCUT2D eigenvalue weighted by atomic mass is 9.98. The van der Waals surface area contributed by atoms with Crippen molar-refractivity contribution in [1.82, 2.24) is 78.4 Å². The van der Waals surface area contributed by atoms with Gasteiger partial charge in [-0.3, -0.25) is 54.6 Å². The zero-order valence-electron chi connectivity index (χ0n) is 60.1. The van der Waals surface area contributed by atoms with Crippen molar-refractivity contribution in [1.29, 1.82) is 16.2 Å². The van der Waals surface area contributed by atoms with Gasteiger partial charge >= 0.3 is 5.97 Å². The van der Waals surface area contributed by atoms with Gasteiger partial charge in [0.25, 0.3) is 0 Å². The van der Waals surface area contributed by atoms with Crippen LogP contribution in [0.15, 0.2) is 122 Å². The van der Waals surface area contributed by atoms with E-state index in [9.17, 15) is 24.3 Å². The predicted octanol–water partition coefficient (Wildman–Crippen LogP) is 1.14. The SMILES string of the molecule is CC[C@H](C)[C@H](N)C(=O)N[C@@H](CCCNC(=N)N)C(=O)N[C@@H](Cc1c[nH]c2ccccc12)C(=O)N[C@@H](Cc1c[nH]c2ccccc12)C(=O)N[C@@H](CCCCN)C(=O)N[C@@H](CCCNC(=N)N)C(=O)N[C@@H](Cc1c[nH]c2ccccc12)C(=O)N[C@@H](Cc1c[nH]c2ccccc12)C(=O)N[C@@H](CCCNC(=N)N)C(=O)O. The highest BCUT2D eigenvalue weighted by atomic mass is 16.4. The Hall–Kier alpha value is -12.0. The molecule has 0 bridgehead atoms. The van der Waals surface area contributed by atoms with Gasteiger partial charge in [0.15, 0.2) is 17.9 Å². The molecule has 0 unspecified atom stereocenters. The van der Waals surface area contributed by atoms with Crippen molar-refractivity contribution < 1.29 is 48.3 Å². The van der Waals surface area contributed by atoms with Crippen LogP contribution in [0.4, 0.5) is 0 Å². The lowest BCUT2D eigenvalue weighted by molar-refractivity contribution is -0.142. The molecule has 0 radical (unpaired) electrons. The highest BCUT2D eigenvalue weighted by molar-refractivity contribution is 6.00. The Labute approximate surface area is 618 Å². The van der Waals surface area contributed by atoms with Crippen LogP contribution >= 0.6 is 0 Å². The first-order chi connectivity index (χ1) is 51.4. The molecule has 29 N–H and O–H groups in total. The fourth-order valence-corrected chi connectivity index (χ4v) is 12.7. The van der Waals surface area contributed by atoms with Crippen LogP contribution in [0.25, 0.3) is 43.6 Å². The molecular weight excluding hydrogens is 1370 g/mol. The Balaban J connectivity index is 1.11. The molecule has 0 aliphatic rings. The average Bonchev–Trinajstić information content (AvgIpc) is 1.72. The van der Waals surface area contributed by atoms with Crippen molar-refractivity contribution in [2.45, 2.75) is 158 Å². The number of aromatic amines is 4. The van der Waals surface area contributed by atoms with Gasteiger partial charge in [-0.2, -0.15) is 0 Å². The molecule has 0 saturated carbocycles. The molecule has 8 amide bonds. The van der Waals surface area contributed by atoms with Crippen molar-refractivity contribution in [3.05, 3.63) is 144 Å². The second kappa shape index (κ2) is 39.8. The lowest BCUT2D eigenvalue weighted by Gasteiger charge is -2.28. The predicted molar refractivity (Wildman–Crippen MR) is 409 cm³/mol. The molecule has 33 heteroatoms. The summed E-state index contributed by atoms with van der Waals surface area (Å²) < 4.78 is 0. The standard InChI is InChI=1S/C74H101N23O10/c1-3-41(2)62(76)70(105)92-56(27-15-31-84-73(79)80)65(100)95-61(36-45-40-89-53-24-11-7-20-49(45)53)68(103)96-58(33-42-37-86-50-21-8-4-17-46(42)50)66(101)91-54(25-12-13-29-75)63(98)90-55(26-14-30-83-72(77)78)64(99)94-60(35-44-39-88-52-23-10-6-19-48(44)52)69(104)97-59(34-43-38-87-51-22-9-5-18-47(43)51)67(102)93-57(71(106)107)28-16-32-85-74(81)82/h4-11,17-24,37-41,54-62,86-89H,3,12-16,25-36,75-76H2,1-2H3,(H,90,98)(H,91,101)(H,92,105)(H,93,102)(H,94,99)(H,95,100)(H,96,103)(H,97,104)(H,106,107)(H4,77,78,83)(H4,79,80,84)(H4,81,82,85)/t41-,54-,55-,56-,57-,58-,59-,60-,61-,62-/m0/s1. The van der Waals surface area contributed by atoms with Gasteiger partial charge in [-0.25, -0.2) is 4.79 Å². The number of hydrogen-bond donors (Lipinski definition) is 24. The van der Waals surface area contributed by atoms with E-state index in [1.807, 2.05) is 85.8 Å². The molecule has 572 valence electrons. The molecule has 8 rings (SSSR count). The van der Waals surface area contributed by atoms with Crippen LogP contribution in [-0.4, -0.2) is 177 Å². The number of carboxylic acid groups (broad SMARTS) is 1. The Morgan fingerprint density at radius 2 is 0.636 bits per heavy atom. The minimum atomic E-state index is -1.51. The summed E-state index contributed by atoms with van der Waals surface area (Å²) >= 11 is 0. The molecule has 4 aromatic carbocycles. The number of fused-ring (bicyclic) bond motifs is 4. The second-order valence-corrected chi connectivity index (χ2v) is 26.7. The van der Waals surface area contributed by atoms with E-state index < -0.39 is 108 Å². The number of hydrogen-bond acceptors (Lipinski definition) is 14. The number of guanidine groups is 3. The highest BCUT2D eigenvalue weighted by Crippen LogP contribution is 2.25. The Kier molecular flexibility index (Phi) is 30.0. The molecule has 4 aromatic heterocycles. The molecule has 107 heavy (non-hydrogen) atoms. The Morgan fingerprint density at radius 3 is 0.916 bits per heavy atom. The molecule has 0 spiro atoms. The number of nitrogens with two attached hydrogens (primary N) is 5. The fraction of sp³-hybridized carbons (Fsp3) is 0.405. The van der Waals surface area contributed by atoms with Gasteiger partial charge < -0.3 is 112 Å². The largest absolute Gasteiger partial charge is 0.480 e. The van der Waals surface area contributed by atoms with E-state index >= 15 is 24.0 Å². The molecule has 33 nitrogen and oxygen atoms in total. The van der Waals surface area contributed by atoms with E-state index in [1.165, 1.54) is 0 Å². The minimum absolute atomic E-state index is 0.0289. The monoisotopic (exact) mass is 1470 g/mol. The molecule has 0 aliphatic heterocycles. The minimum Gasteiger partial charge on any atom is -0.480 e. The van der Waals surface area contributed by atoms with Crippen molar-refractivity contribution >= 4 is 115 Å². The van der Waals surface area contributed by atoms with E-state index in [0.717, 1.165) is 21.8 Å². The molecule has 0 saturated heterocycles. The third-order valence-electron chi connectivity index (χ3n) is 18.9. The van der Waals surface area contributed by atoms with Gasteiger partial charge in [-0.05, 0) is 117 Å². The molecule has 8 aromatic rings. The Bertz CT molecular complexity index is 4410. The number of rotatable bonds is 43. The van der Waals surface area contributed by atoms with Gasteiger partial charge in [0.05, 0.1) is 6.04 Å². The van der Waals surface area contributed by atoms with Crippen LogP contribution < -0.4 is 87.2 Å². The number of carbonyl (C=O) groups is 9. The van der Waals surface area contributed by atoms with Crippen molar-refractivity contribution in [2.75, 3.05) is 26.2 Å². The van der Waals surface area contributed by atoms with Gasteiger partial charge in [0.1, 0.15) is 48.3 Å². The summed E-state index contributed by atoms with van der Waals surface area (Å²) in [6.07, 6.45) is 7.65. The smallest absolute Gasteiger partial charge is 0.326 e. The summed E-state index contributed by atoms with van der Waals surface area (Å²) in [7, 11) is 0. The first-order valence-corrected chi connectivity index (χ1v) is 36.0.